The van der Waals surface area contributed by atoms with Crippen molar-refractivity contribution >= 4 is 22.4 Å². The summed E-state index contributed by atoms with van der Waals surface area (Å²) in [5.41, 5.74) is 0. The van der Waals surface area contributed by atoms with Gasteiger partial charge in [-0.2, -0.15) is 0 Å². The molecule has 0 aliphatic rings. The van der Waals surface area contributed by atoms with E-state index in [0.29, 0.717) is 24.8 Å². The molecule has 0 aliphatic heterocycles. The Bertz CT molecular complexity index is 584. The fourth-order valence-electron chi connectivity index (χ4n) is 2.15. The largest absolute Gasteiger partial charge is 0.493 e. The Kier molecular flexibility index (Phi) is 6.00. The number of hydrogen-bond donors (Lipinski definition) is 0. The number of fused-ring (bicyclic) bond motifs is 1. The predicted octanol–water partition coefficient (Wildman–Crippen LogP) is 4.64. The molecular formula is C17H21ClO3. The molecule has 3 nitrogen and oxygen atoms in total. The third-order valence-corrected chi connectivity index (χ3v) is 3.40. The van der Waals surface area contributed by atoms with Gasteiger partial charge in [-0.25, -0.2) is 0 Å². The van der Waals surface area contributed by atoms with Crippen molar-refractivity contribution in [2.24, 2.45) is 0 Å². The molecule has 114 valence electrons. The SMILES string of the molecule is CCCOc1c(OC)cc(OCCCCl)c2ccccc12. The molecule has 0 unspecified atom stereocenters. The fraction of sp³-hybridized carbons (Fsp3) is 0.412. The van der Waals surface area contributed by atoms with E-state index in [-0.39, 0.29) is 0 Å². The van der Waals surface area contributed by atoms with E-state index < -0.39 is 0 Å². The smallest absolute Gasteiger partial charge is 0.169 e. The minimum absolute atomic E-state index is 0.589. The van der Waals surface area contributed by atoms with Crippen LogP contribution in [0.4, 0.5) is 0 Å². The third-order valence-electron chi connectivity index (χ3n) is 3.13. The molecule has 0 fully saturated rings. The van der Waals surface area contributed by atoms with Crippen LogP contribution in [-0.2, 0) is 0 Å². The normalized spacial score (nSPS) is 10.6. The van der Waals surface area contributed by atoms with Crippen LogP contribution in [0.5, 0.6) is 17.2 Å². The summed E-state index contributed by atoms with van der Waals surface area (Å²) in [5.74, 6) is 2.87. The zero-order valence-corrected chi connectivity index (χ0v) is 13.3. The van der Waals surface area contributed by atoms with Gasteiger partial charge in [0.05, 0.1) is 20.3 Å². The van der Waals surface area contributed by atoms with Crippen LogP contribution >= 0.6 is 11.6 Å². The number of hydrogen-bond acceptors (Lipinski definition) is 3. The van der Waals surface area contributed by atoms with Crippen LogP contribution in [0.2, 0.25) is 0 Å². The zero-order chi connectivity index (χ0) is 15.1. The second-order valence-corrected chi connectivity index (χ2v) is 5.07. The highest BCUT2D eigenvalue weighted by Gasteiger charge is 2.14. The molecule has 2 rings (SSSR count). The lowest BCUT2D eigenvalue weighted by Gasteiger charge is -2.16. The number of rotatable bonds is 8. The number of halogens is 1. The van der Waals surface area contributed by atoms with Crippen molar-refractivity contribution in [2.45, 2.75) is 19.8 Å². The topological polar surface area (TPSA) is 27.7 Å². The van der Waals surface area contributed by atoms with Crippen LogP contribution in [0, 0.1) is 0 Å². The summed E-state index contributed by atoms with van der Waals surface area (Å²) in [5, 5.41) is 2.03. The van der Waals surface area contributed by atoms with E-state index in [1.807, 2.05) is 30.3 Å². The summed E-state index contributed by atoms with van der Waals surface area (Å²) in [7, 11) is 1.64. The van der Waals surface area contributed by atoms with Gasteiger partial charge in [0, 0.05) is 22.7 Å². The molecule has 0 bridgehead atoms. The quantitative estimate of drug-likeness (QED) is 0.525. The van der Waals surface area contributed by atoms with Crippen molar-refractivity contribution in [1.29, 1.82) is 0 Å². The van der Waals surface area contributed by atoms with Gasteiger partial charge in [0.25, 0.3) is 0 Å². The van der Waals surface area contributed by atoms with E-state index in [2.05, 4.69) is 6.92 Å². The predicted molar refractivity (Wildman–Crippen MR) is 87.1 cm³/mol. The molecule has 4 heteroatoms. The molecule has 0 spiro atoms. The van der Waals surface area contributed by atoms with E-state index in [4.69, 9.17) is 25.8 Å². The summed E-state index contributed by atoms with van der Waals surface area (Å²) < 4.78 is 17.2. The Labute approximate surface area is 130 Å². The molecule has 2 aromatic rings. The first kappa shape index (κ1) is 15.8. The Morgan fingerprint density at radius 1 is 1.00 bits per heavy atom. The molecule has 0 radical (unpaired) electrons. The summed E-state index contributed by atoms with van der Waals surface area (Å²) in [6, 6.07) is 9.93. The molecule has 0 saturated heterocycles. The molecule has 0 aliphatic carbocycles. The molecule has 21 heavy (non-hydrogen) atoms. The van der Waals surface area contributed by atoms with Gasteiger partial charge in [-0.05, 0) is 12.8 Å². The van der Waals surface area contributed by atoms with Crippen LogP contribution in [0.25, 0.3) is 10.8 Å². The maximum Gasteiger partial charge on any atom is 0.169 e. The average Bonchev–Trinajstić information content (AvgIpc) is 2.53. The molecule has 0 amide bonds. The first-order chi connectivity index (χ1) is 10.3. The molecule has 0 N–H and O–H groups in total. The van der Waals surface area contributed by atoms with Gasteiger partial charge in [0.15, 0.2) is 11.5 Å². The lowest BCUT2D eigenvalue weighted by molar-refractivity contribution is 0.293. The summed E-state index contributed by atoms with van der Waals surface area (Å²) in [6.07, 6.45) is 1.76. The van der Waals surface area contributed by atoms with E-state index in [1.165, 1.54) is 0 Å². The highest BCUT2D eigenvalue weighted by molar-refractivity contribution is 6.17. The van der Waals surface area contributed by atoms with Gasteiger partial charge in [0.1, 0.15) is 5.75 Å². The third kappa shape index (κ3) is 3.73. The first-order valence-electron chi connectivity index (χ1n) is 7.23. The van der Waals surface area contributed by atoms with E-state index in [1.54, 1.807) is 7.11 Å². The Balaban J connectivity index is 2.45. The van der Waals surface area contributed by atoms with Gasteiger partial charge in [-0.15, -0.1) is 11.6 Å². The second kappa shape index (κ2) is 7.99. The van der Waals surface area contributed by atoms with Crippen LogP contribution in [0.1, 0.15) is 19.8 Å². The van der Waals surface area contributed by atoms with E-state index in [9.17, 15) is 0 Å². The number of methoxy groups -OCH3 is 1. The maximum atomic E-state index is 5.87. The number of ether oxygens (including phenoxy) is 3. The van der Waals surface area contributed by atoms with Crippen LogP contribution in [0.15, 0.2) is 30.3 Å². The van der Waals surface area contributed by atoms with Crippen molar-refractivity contribution in [3.8, 4) is 17.2 Å². The van der Waals surface area contributed by atoms with Crippen molar-refractivity contribution in [3.63, 3.8) is 0 Å². The minimum Gasteiger partial charge on any atom is -0.493 e. The highest BCUT2D eigenvalue weighted by Crippen LogP contribution is 2.41. The Morgan fingerprint density at radius 3 is 2.43 bits per heavy atom. The molecule has 0 aromatic heterocycles. The summed E-state index contributed by atoms with van der Waals surface area (Å²) >= 11 is 5.70. The van der Waals surface area contributed by atoms with E-state index in [0.717, 1.165) is 35.1 Å². The lowest BCUT2D eigenvalue weighted by Crippen LogP contribution is -2.02. The Morgan fingerprint density at radius 2 is 1.76 bits per heavy atom. The standard InChI is InChI=1S/C17H21ClO3/c1-3-10-21-17-14-8-5-4-7-13(14)15(12-16(17)19-2)20-11-6-9-18/h4-5,7-8,12H,3,6,9-11H2,1-2H3. The monoisotopic (exact) mass is 308 g/mol. The summed E-state index contributed by atoms with van der Waals surface area (Å²) in [4.78, 5) is 0. The van der Waals surface area contributed by atoms with E-state index >= 15 is 0 Å². The van der Waals surface area contributed by atoms with Gasteiger partial charge in [0.2, 0.25) is 0 Å². The lowest BCUT2D eigenvalue weighted by atomic mass is 10.1. The van der Waals surface area contributed by atoms with Gasteiger partial charge in [-0.3, -0.25) is 0 Å². The summed E-state index contributed by atoms with van der Waals surface area (Å²) in [6.45, 7) is 3.33. The van der Waals surface area contributed by atoms with Gasteiger partial charge < -0.3 is 14.2 Å². The van der Waals surface area contributed by atoms with Crippen LogP contribution in [0.3, 0.4) is 0 Å². The maximum absolute atomic E-state index is 5.87. The van der Waals surface area contributed by atoms with Crippen LogP contribution < -0.4 is 14.2 Å². The first-order valence-corrected chi connectivity index (χ1v) is 7.76. The average molecular weight is 309 g/mol. The highest BCUT2D eigenvalue weighted by atomic mass is 35.5. The Hall–Kier alpha value is -1.61. The number of benzene rings is 2. The molecule has 0 saturated carbocycles. The zero-order valence-electron chi connectivity index (χ0n) is 12.5. The van der Waals surface area contributed by atoms with Crippen molar-refractivity contribution < 1.29 is 14.2 Å². The molecule has 2 aromatic carbocycles. The van der Waals surface area contributed by atoms with Gasteiger partial charge in [-0.1, -0.05) is 31.2 Å². The fourth-order valence-corrected chi connectivity index (χ4v) is 2.26. The van der Waals surface area contributed by atoms with Crippen LogP contribution in [-0.4, -0.2) is 26.2 Å². The molecular weight excluding hydrogens is 288 g/mol. The molecule has 0 atom stereocenters. The molecule has 0 heterocycles. The second-order valence-electron chi connectivity index (χ2n) is 4.69. The number of alkyl halides is 1. The van der Waals surface area contributed by atoms with Crippen molar-refractivity contribution in [1.82, 2.24) is 0 Å². The van der Waals surface area contributed by atoms with Crippen molar-refractivity contribution in [2.75, 3.05) is 26.2 Å². The minimum atomic E-state index is 0.589. The van der Waals surface area contributed by atoms with Crippen molar-refractivity contribution in [3.05, 3.63) is 30.3 Å². The van der Waals surface area contributed by atoms with Gasteiger partial charge >= 0.3 is 0 Å².